The highest BCUT2D eigenvalue weighted by molar-refractivity contribution is 5.27. The molecule has 0 saturated carbocycles. The van der Waals surface area contributed by atoms with E-state index in [2.05, 4.69) is 10.1 Å². The molecule has 0 amide bonds. The Bertz CT molecular complexity index is 479. The summed E-state index contributed by atoms with van der Waals surface area (Å²) in [6.45, 7) is 2.05. The first-order chi connectivity index (χ1) is 7.72. The zero-order valence-corrected chi connectivity index (χ0v) is 9.46. The molecule has 4 nitrogen and oxygen atoms in total. The number of pyridine rings is 1. The largest absolute Gasteiger partial charge is 0.380 e. The first kappa shape index (κ1) is 10.8. The Labute approximate surface area is 94.6 Å². The van der Waals surface area contributed by atoms with Gasteiger partial charge in [0, 0.05) is 19.4 Å². The highest BCUT2D eigenvalue weighted by atomic mass is 16.3. The van der Waals surface area contributed by atoms with Gasteiger partial charge in [-0.3, -0.25) is 9.67 Å². The van der Waals surface area contributed by atoms with Gasteiger partial charge in [0.05, 0.1) is 11.4 Å². The van der Waals surface area contributed by atoms with Crippen molar-refractivity contribution in [1.29, 1.82) is 0 Å². The third kappa shape index (κ3) is 1.97. The third-order valence-corrected chi connectivity index (χ3v) is 2.58. The second-order valence-electron chi connectivity index (χ2n) is 3.72. The van der Waals surface area contributed by atoms with E-state index in [9.17, 15) is 5.11 Å². The van der Waals surface area contributed by atoms with E-state index in [1.165, 1.54) is 0 Å². The van der Waals surface area contributed by atoms with Crippen LogP contribution in [0.5, 0.6) is 0 Å². The predicted molar refractivity (Wildman–Crippen MR) is 60.9 cm³/mol. The van der Waals surface area contributed by atoms with Crippen LogP contribution in [0.4, 0.5) is 0 Å². The lowest BCUT2D eigenvalue weighted by atomic mass is 10.1. The van der Waals surface area contributed by atoms with Gasteiger partial charge < -0.3 is 5.11 Å². The Hall–Kier alpha value is -1.68. The Morgan fingerprint density at radius 2 is 2.25 bits per heavy atom. The number of rotatable bonds is 3. The Morgan fingerprint density at radius 1 is 1.44 bits per heavy atom. The summed E-state index contributed by atoms with van der Waals surface area (Å²) in [6.07, 6.45) is 3.62. The maximum absolute atomic E-state index is 10.2. The summed E-state index contributed by atoms with van der Waals surface area (Å²) in [5.74, 6) is 0. The van der Waals surface area contributed by atoms with Gasteiger partial charge in [-0.2, -0.15) is 5.10 Å². The maximum atomic E-state index is 10.2. The quantitative estimate of drug-likeness (QED) is 0.846. The third-order valence-electron chi connectivity index (χ3n) is 2.58. The van der Waals surface area contributed by atoms with Crippen LogP contribution < -0.4 is 0 Å². The van der Waals surface area contributed by atoms with E-state index in [0.717, 1.165) is 12.0 Å². The minimum absolute atomic E-state index is 0.635. The summed E-state index contributed by atoms with van der Waals surface area (Å²) in [4.78, 5) is 4.24. The Balaban J connectivity index is 2.36. The van der Waals surface area contributed by atoms with Crippen molar-refractivity contribution in [2.75, 3.05) is 0 Å². The number of aliphatic hydroxyl groups excluding tert-OH is 1. The molecule has 0 aliphatic carbocycles. The molecule has 0 aromatic carbocycles. The Morgan fingerprint density at radius 3 is 2.88 bits per heavy atom. The first-order valence-corrected chi connectivity index (χ1v) is 5.33. The fourth-order valence-corrected chi connectivity index (χ4v) is 1.71. The smallest absolute Gasteiger partial charge is 0.140 e. The molecule has 0 bridgehead atoms. The SMILES string of the molecule is CCc1cccnc1C(O)c1ccn(C)n1. The zero-order valence-electron chi connectivity index (χ0n) is 9.46. The number of aromatic nitrogens is 3. The van der Waals surface area contributed by atoms with Gasteiger partial charge in [0.15, 0.2) is 0 Å². The number of aryl methyl sites for hydroxylation is 2. The van der Waals surface area contributed by atoms with E-state index in [-0.39, 0.29) is 0 Å². The van der Waals surface area contributed by atoms with Gasteiger partial charge >= 0.3 is 0 Å². The predicted octanol–water partition coefficient (Wildman–Crippen LogP) is 1.46. The van der Waals surface area contributed by atoms with Crippen molar-refractivity contribution in [2.24, 2.45) is 7.05 Å². The second kappa shape index (κ2) is 4.45. The lowest BCUT2D eigenvalue weighted by Crippen LogP contribution is -2.07. The van der Waals surface area contributed by atoms with Crippen LogP contribution in [-0.2, 0) is 13.5 Å². The zero-order chi connectivity index (χ0) is 11.5. The molecule has 2 aromatic rings. The van der Waals surface area contributed by atoms with Crippen molar-refractivity contribution >= 4 is 0 Å². The number of hydrogen-bond acceptors (Lipinski definition) is 3. The van der Waals surface area contributed by atoms with Crippen LogP contribution in [0.25, 0.3) is 0 Å². The van der Waals surface area contributed by atoms with Crippen LogP contribution in [0, 0.1) is 0 Å². The lowest BCUT2D eigenvalue weighted by molar-refractivity contribution is 0.208. The van der Waals surface area contributed by atoms with E-state index < -0.39 is 6.10 Å². The van der Waals surface area contributed by atoms with Crippen molar-refractivity contribution in [3.05, 3.63) is 47.5 Å². The van der Waals surface area contributed by atoms with Gasteiger partial charge in [-0.05, 0) is 24.1 Å². The fraction of sp³-hybridized carbons (Fsp3) is 0.333. The molecule has 84 valence electrons. The number of nitrogens with zero attached hydrogens (tertiary/aromatic N) is 3. The average Bonchev–Trinajstić information content (AvgIpc) is 2.75. The van der Waals surface area contributed by atoms with E-state index in [4.69, 9.17) is 0 Å². The molecule has 16 heavy (non-hydrogen) atoms. The summed E-state index contributed by atoms with van der Waals surface area (Å²) >= 11 is 0. The van der Waals surface area contributed by atoms with Crippen molar-refractivity contribution in [3.8, 4) is 0 Å². The summed E-state index contributed by atoms with van der Waals surface area (Å²) < 4.78 is 1.67. The molecule has 1 N–H and O–H groups in total. The molecular formula is C12H15N3O. The number of hydrogen-bond donors (Lipinski definition) is 1. The summed E-state index contributed by atoms with van der Waals surface area (Å²) in [7, 11) is 1.83. The summed E-state index contributed by atoms with van der Waals surface area (Å²) in [6, 6.07) is 5.67. The lowest BCUT2D eigenvalue weighted by Gasteiger charge is -2.11. The minimum Gasteiger partial charge on any atom is -0.380 e. The van der Waals surface area contributed by atoms with E-state index in [1.807, 2.05) is 32.3 Å². The monoisotopic (exact) mass is 217 g/mol. The van der Waals surface area contributed by atoms with Gasteiger partial charge in [0.1, 0.15) is 6.10 Å². The number of aliphatic hydroxyl groups is 1. The summed E-state index contributed by atoms with van der Waals surface area (Å²) in [5.41, 5.74) is 2.39. The van der Waals surface area contributed by atoms with Crippen LogP contribution in [0.15, 0.2) is 30.6 Å². The fourth-order valence-electron chi connectivity index (χ4n) is 1.71. The van der Waals surface area contributed by atoms with Gasteiger partial charge in [0.2, 0.25) is 0 Å². The van der Waals surface area contributed by atoms with Gasteiger partial charge in [-0.1, -0.05) is 13.0 Å². The topological polar surface area (TPSA) is 50.9 Å². The van der Waals surface area contributed by atoms with Crippen LogP contribution >= 0.6 is 0 Å². The molecule has 2 rings (SSSR count). The van der Waals surface area contributed by atoms with Crippen LogP contribution in [0.2, 0.25) is 0 Å². The Kier molecular flexibility index (Phi) is 3.01. The van der Waals surface area contributed by atoms with Gasteiger partial charge in [-0.25, -0.2) is 0 Å². The normalized spacial score (nSPS) is 12.7. The van der Waals surface area contributed by atoms with Crippen LogP contribution in [-0.4, -0.2) is 19.9 Å². The molecular weight excluding hydrogens is 202 g/mol. The van der Waals surface area contributed by atoms with Gasteiger partial charge in [-0.15, -0.1) is 0 Å². The molecule has 4 heteroatoms. The van der Waals surface area contributed by atoms with Crippen molar-refractivity contribution < 1.29 is 5.11 Å². The van der Waals surface area contributed by atoms with Crippen molar-refractivity contribution in [2.45, 2.75) is 19.4 Å². The molecule has 0 aliphatic rings. The highest BCUT2D eigenvalue weighted by Crippen LogP contribution is 2.21. The molecule has 2 aromatic heterocycles. The highest BCUT2D eigenvalue weighted by Gasteiger charge is 2.17. The van der Waals surface area contributed by atoms with Crippen LogP contribution in [0.3, 0.4) is 0 Å². The van der Waals surface area contributed by atoms with Crippen molar-refractivity contribution in [3.63, 3.8) is 0 Å². The molecule has 0 saturated heterocycles. The van der Waals surface area contributed by atoms with E-state index in [0.29, 0.717) is 11.4 Å². The minimum atomic E-state index is -0.739. The molecule has 0 aliphatic heterocycles. The van der Waals surface area contributed by atoms with Gasteiger partial charge in [0.25, 0.3) is 0 Å². The first-order valence-electron chi connectivity index (χ1n) is 5.33. The van der Waals surface area contributed by atoms with Crippen molar-refractivity contribution in [1.82, 2.24) is 14.8 Å². The second-order valence-corrected chi connectivity index (χ2v) is 3.72. The molecule has 0 fully saturated rings. The summed E-state index contributed by atoms with van der Waals surface area (Å²) in [5, 5.41) is 14.4. The molecule has 0 spiro atoms. The van der Waals surface area contributed by atoms with E-state index in [1.54, 1.807) is 16.9 Å². The average molecular weight is 217 g/mol. The standard InChI is InChI=1S/C12H15N3O/c1-3-9-5-4-7-13-11(9)12(16)10-6-8-15(2)14-10/h4-8,12,16H,3H2,1-2H3. The van der Waals surface area contributed by atoms with E-state index >= 15 is 0 Å². The molecule has 2 heterocycles. The molecule has 0 radical (unpaired) electrons. The molecule has 1 unspecified atom stereocenters. The molecule has 1 atom stereocenters. The van der Waals surface area contributed by atoms with Crippen LogP contribution in [0.1, 0.15) is 30.0 Å². The maximum Gasteiger partial charge on any atom is 0.140 e.